The van der Waals surface area contributed by atoms with Gasteiger partial charge in [-0.15, -0.1) is 0 Å². The largest absolute Gasteiger partial charge is 0.377 e. The van der Waals surface area contributed by atoms with Crippen LogP contribution in [0.1, 0.15) is 31.7 Å². The average Bonchev–Trinajstić information content (AvgIpc) is 2.81. The Bertz CT molecular complexity index is 710. The molecule has 0 unspecified atom stereocenters. The van der Waals surface area contributed by atoms with Gasteiger partial charge in [0.1, 0.15) is 5.71 Å². The molecule has 0 spiro atoms. The molecule has 0 aromatic heterocycles. The third kappa shape index (κ3) is 13.5. The Kier molecular flexibility index (Phi) is 15.2. The van der Waals surface area contributed by atoms with Gasteiger partial charge in [-0.1, -0.05) is 43.7 Å². The molecule has 0 fully saturated rings. The van der Waals surface area contributed by atoms with Crippen molar-refractivity contribution in [2.24, 2.45) is 4.99 Å². The highest BCUT2D eigenvalue weighted by Gasteiger charge is 2.12. The summed E-state index contributed by atoms with van der Waals surface area (Å²) in [6, 6.07) is 9.55. The van der Waals surface area contributed by atoms with E-state index in [-0.39, 0.29) is 24.3 Å². The standard InChI is InChI=1S/C23H36N4O5/c1-3-4-10-21(28)25-11-13-31-15-16-32-14-12-26-22(29)18-27-23(30)20(24-2)17-19-8-6-5-7-9-19/h5-9H,3-4,10-18H2,1-2H3,(H,25,28)(H,26,29)(H,27,30). The van der Waals surface area contributed by atoms with Crippen LogP contribution >= 0.6 is 0 Å². The molecule has 1 rings (SSSR count). The molecule has 0 atom stereocenters. The predicted octanol–water partition coefficient (Wildman–Crippen LogP) is 0.872. The topological polar surface area (TPSA) is 118 Å². The normalized spacial score (nSPS) is 11.1. The van der Waals surface area contributed by atoms with Gasteiger partial charge in [0.05, 0.1) is 33.0 Å². The summed E-state index contributed by atoms with van der Waals surface area (Å²) in [6.45, 7) is 4.32. The summed E-state index contributed by atoms with van der Waals surface area (Å²) in [5.41, 5.74) is 1.35. The number of carbonyl (C=O) groups is 3. The van der Waals surface area contributed by atoms with Crippen molar-refractivity contribution < 1.29 is 23.9 Å². The molecule has 0 aliphatic rings. The fourth-order valence-electron chi connectivity index (χ4n) is 2.65. The van der Waals surface area contributed by atoms with Crippen LogP contribution < -0.4 is 16.0 Å². The first-order valence-electron chi connectivity index (χ1n) is 11.0. The van der Waals surface area contributed by atoms with Crippen molar-refractivity contribution in [1.29, 1.82) is 0 Å². The summed E-state index contributed by atoms with van der Waals surface area (Å²) in [7, 11) is 1.56. The lowest BCUT2D eigenvalue weighted by Crippen LogP contribution is -2.41. The molecule has 0 heterocycles. The van der Waals surface area contributed by atoms with Gasteiger partial charge in [0.2, 0.25) is 11.8 Å². The molecule has 1 aromatic carbocycles. The van der Waals surface area contributed by atoms with Crippen LogP contribution in [0.4, 0.5) is 0 Å². The second-order valence-electron chi connectivity index (χ2n) is 7.04. The zero-order valence-electron chi connectivity index (χ0n) is 19.2. The number of hydrogen-bond acceptors (Lipinski definition) is 6. The summed E-state index contributed by atoms with van der Waals surface area (Å²) < 4.78 is 10.7. The van der Waals surface area contributed by atoms with Crippen LogP contribution in [0, 0.1) is 0 Å². The lowest BCUT2D eigenvalue weighted by Gasteiger charge is -2.09. The Labute approximate surface area is 190 Å². The lowest BCUT2D eigenvalue weighted by atomic mass is 10.1. The third-order valence-corrected chi connectivity index (χ3v) is 4.42. The fraction of sp³-hybridized carbons (Fsp3) is 0.565. The highest BCUT2D eigenvalue weighted by molar-refractivity contribution is 6.39. The summed E-state index contributed by atoms with van der Waals surface area (Å²) in [5.74, 6) is -0.610. The Morgan fingerprint density at radius 1 is 0.875 bits per heavy atom. The van der Waals surface area contributed by atoms with E-state index >= 15 is 0 Å². The van der Waals surface area contributed by atoms with Crippen LogP contribution in [-0.4, -0.2) is 76.5 Å². The summed E-state index contributed by atoms with van der Waals surface area (Å²) in [4.78, 5) is 39.5. The number of nitrogens with one attached hydrogen (secondary N) is 3. The monoisotopic (exact) mass is 448 g/mol. The van der Waals surface area contributed by atoms with E-state index in [1.165, 1.54) is 0 Å². The Morgan fingerprint density at radius 3 is 2.09 bits per heavy atom. The maximum atomic E-state index is 12.2. The molecule has 1 aromatic rings. The Balaban J connectivity index is 2.01. The summed E-state index contributed by atoms with van der Waals surface area (Å²) in [6.07, 6.45) is 2.85. The number of carbonyl (C=O) groups excluding carboxylic acids is 3. The number of unbranched alkanes of at least 4 members (excludes halogenated alkanes) is 1. The maximum Gasteiger partial charge on any atom is 0.265 e. The summed E-state index contributed by atoms with van der Waals surface area (Å²) in [5, 5.41) is 8.05. The van der Waals surface area contributed by atoms with E-state index in [4.69, 9.17) is 9.47 Å². The number of hydrogen-bond donors (Lipinski definition) is 3. The zero-order valence-corrected chi connectivity index (χ0v) is 19.2. The van der Waals surface area contributed by atoms with Crippen LogP contribution in [0.5, 0.6) is 0 Å². The third-order valence-electron chi connectivity index (χ3n) is 4.42. The molecule has 178 valence electrons. The first-order valence-corrected chi connectivity index (χ1v) is 11.0. The van der Waals surface area contributed by atoms with Crippen LogP contribution in [-0.2, 0) is 30.3 Å². The van der Waals surface area contributed by atoms with Crippen molar-refractivity contribution in [2.75, 3.05) is 53.1 Å². The second kappa shape index (κ2) is 17.9. The van der Waals surface area contributed by atoms with E-state index in [0.29, 0.717) is 58.1 Å². The van der Waals surface area contributed by atoms with E-state index in [0.717, 1.165) is 18.4 Å². The molecule has 0 saturated carbocycles. The number of rotatable bonds is 17. The van der Waals surface area contributed by atoms with Crippen molar-refractivity contribution in [3.8, 4) is 0 Å². The number of nitrogens with zero attached hydrogens (tertiary/aromatic N) is 1. The van der Waals surface area contributed by atoms with E-state index in [1.54, 1.807) is 7.05 Å². The molecular formula is C23H36N4O5. The van der Waals surface area contributed by atoms with E-state index in [1.807, 2.05) is 37.3 Å². The number of ether oxygens (including phenoxy) is 2. The summed E-state index contributed by atoms with van der Waals surface area (Å²) >= 11 is 0. The van der Waals surface area contributed by atoms with Crippen molar-refractivity contribution in [1.82, 2.24) is 16.0 Å². The van der Waals surface area contributed by atoms with Crippen LogP contribution in [0.3, 0.4) is 0 Å². The first kappa shape index (κ1) is 27.3. The molecule has 0 radical (unpaired) electrons. The smallest absolute Gasteiger partial charge is 0.265 e. The van der Waals surface area contributed by atoms with E-state index < -0.39 is 0 Å². The molecule has 0 saturated heterocycles. The lowest BCUT2D eigenvalue weighted by molar-refractivity contribution is -0.123. The molecule has 0 bridgehead atoms. The van der Waals surface area contributed by atoms with Crippen LogP contribution in [0.15, 0.2) is 35.3 Å². The quantitative estimate of drug-likeness (QED) is 0.241. The van der Waals surface area contributed by atoms with Gasteiger partial charge in [-0.25, -0.2) is 0 Å². The molecule has 0 aliphatic heterocycles. The predicted molar refractivity (Wildman–Crippen MR) is 124 cm³/mol. The number of benzene rings is 1. The molecular weight excluding hydrogens is 412 g/mol. The number of aliphatic imine (C=N–C) groups is 1. The Morgan fingerprint density at radius 2 is 1.50 bits per heavy atom. The molecule has 9 nitrogen and oxygen atoms in total. The fourth-order valence-corrected chi connectivity index (χ4v) is 2.65. The molecule has 32 heavy (non-hydrogen) atoms. The van der Waals surface area contributed by atoms with Crippen LogP contribution in [0.2, 0.25) is 0 Å². The molecule has 0 aliphatic carbocycles. The van der Waals surface area contributed by atoms with Gasteiger partial charge in [-0.2, -0.15) is 0 Å². The first-order chi connectivity index (χ1) is 15.6. The van der Waals surface area contributed by atoms with Gasteiger partial charge < -0.3 is 25.4 Å². The highest BCUT2D eigenvalue weighted by Crippen LogP contribution is 2.01. The average molecular weight is 449 g/mol. The maximum absolute atomic E-state index is 12.2. The van der Waals surface area contributed by atoms with Gasteiger partial charge in [0.15, 0.2) is 0 Å². The van der Waals surface area contributed by atoms with Crippen molar-refractivity contribution in [3.05, 3.63) is 35.9 Å². The SMILES string of the molecule is CCCCC(=O)NCCOCCOCCNC(=O)CNC(=O)C(Cc1ccccc1)=NC. The molecule has 3 N–H and O–H groups in total. The van der Waals surface area contributed by atoms with Gasteiger partial charge in [0, 0.05) is 33.0 Å². The van der Waals surface area contributed by atoms with Gasteiger partial charge >= 0.3 is 0 Å². The zero-order chi connectivity index (χ0) is 23.4. The van der Waals surface area contributed by atoms with Crippen molar-refractivity contribution in [2.45, 2.75) is 32.6 Å². The minimum absolute atomic E-state index is 0.0491. The number of amides is 3. The molecule has 9 heteroatoms. The van der Waals surface area contributed by atoms with Crippen molar-refractivity contribution >= 4 is 23.4 Å². The molecule has 3 amide bonds. The minimum atomic E-state index is -0.360. The van der Waals surface area contributed by atoms with E-state index in [9.17, 15) is 14.4 Å². The van der Waals surface area contributed by atoms with Crippen molar-refractivity contribution in [3.63, 3.8) is 0 Å². The minimum Gasteiger partial charge on any atom is -0.377 e. The second-order valence-corrected chi connectivity index (χ2v) is 7.04. The Hall–Kier alpha value is -2.78. The van der Waals surface area contributed by atoms with Gasteiger partial charge in [0.25, 0.3) is 5.91 Å². The van der Waals surface area contributed by atoms with Gasteiger partial charge in [-0.3, -0.25) is 19.4 Å². The van der Waals surface area contributed by atoms with Gasteiger partial charge in [-0.05, 0) is 12.0 Å². The van der Waals surface area contributed by atoms with E-state index in [2.05, 4.69) is 20.9 Å². The van der Waals surface area contributed by atoms with Crippen LogP contribution in [0.25, 0.3) is 0 Å². The highest BCUT2D eigenvalue weighted by atomic mass is 16.5.